The summed E-state index contributed by atoms with van der Waals surface area (Å²) in [7, 11) is 0. The van der Waals surface area contributed by atoms with Crippen molar-refractivity contribution >= 4 is 15.9 Å². The van der Waals surface area contributed by atoms with Gasteiger partial charge in [0, 0.05) is 22.6 Å². The van der Waals surface area contributed by atoms with E-state index in [4.69, 9.17) is 4.74 Å². The molecule has 2 rings (SSSR count). The lowest BCUT2D eigenvalue weighted by Crippen LogP contribution is -2.28. The van der Waals surface area contributed by atoms with Crippen LogP contribution in [-0.2, 0) is 0 Å². The first-order valence-corrected chi connectivity index (χ1v) is 6.80. The molecule has 1 aliphatic heterocycles. The molecular formula is C13H18BrNO2. The SMILES string of the molecule is CC(O)CNC1CCCOc2cc(Br)ccc21. The molecule has 0 aromatic heterocycles. The molecule has 0 radical (unpaired) electrons. The quantitative estimate of drug-likeness (QED) is 0.901. The maximum Gasteiger partial charge on any atom is 0.125 e. The van der Waals surface area contributed by atoms with Gasteiger partial charge in [0.2, 0.25) is 0 Å². The van der Waals surface area contributed by atoms with Gasteiger partial charge in [-0.25, -0.2) is 0 Å². The van der Waals surface area contributed by atoms with E-state index in [1.54, 1.807) is 6.92 Å². The number of nitrogens with one attached hydrogen (secondary N) is 1. The Morgan fingerprint density at radius 1 is 1.59 bits per heavy atom. The van der Waals surface area contributed by atoms with Crippen molar-refractivity contribution in [3.05, 3.63) is 28.2 Å². The summed E-state index contributed by atoms with van der Waals surface area (Å²) < 4.78 is 6.77. The summed E-state index contributed by atoms with van der Waals surface area (Å²) in [6, 6.07) is 6.40. The van der Waals surface area contributed by atoms with Crippen molar-refractivity contribution in [2.75, 3.05) is 13.2 Å². The summed E-state index contributed by atoms with van der Waals surface area (Å²) >= 11 is 3.46. The van der Waals surface area contributed by atoms with Crippen LogP contribution in [0.2, 0.25) is 0 Å². The van der Waals surface area contributed by atoms with Crippen LogP contribution in [0.1, 0.15) is 31.4 Å². The van der Waals surface area contributed by atoms with E-state index in [2.05, 4.69) is 27.3 Å². The number of hydrogen-bond donors (Lipinski definition) is 2. The number of hydrogen-bond acceptors (Lipinski definition) is 3. The van der Waals surface area contributed by atoms with E-state index in [0.717, 1.165) is 29.7 Å². The second kappa shape index (κ2) is 5.85. The van der Waals surface area contributed by atoms with Crippen LogP contribution in [0.15, 0.2) is 22.7 Å². The van der Waals surface area contributed by atoms with Gasteiger partial charge in [-0.15, -0.1) is 0 Å². The zero-order valence-corrected chi connectivity index (χ0v) is 11.5. The van der Waals surface area contributed by atoms with E-state index in [9.17, 15) is 5.11 Å². The Labute approximate surface area is 110 Å². The normalized spacial score (nSPS) is 21.2. The minimum Gasteiger partial charge on any atom is -0.493 e. The highest BCUT2D eigenvalue weighted by atomic mass is 79.9. The standard InChI is InChI=1S/C13H18BrNO2/c1-9(16)8-15-12-3-2-6-17-13-7-10(14)4-5-11(12)13/h4-5,7,9,12,15-16H,2-3,6,8H2,1H3. The van der Waals surface area contributed by atoms with E-state index in [1.807, 2.05) is 12.1 Å². The fraction of sp³-hybridized carbons (Fsp3) is 0.538. The smallest absolute Gasteiger partial charge is 0.125 e. The van der Waals surface area contributed by atoms with Gasteiger partial charge in [-0.1, -0.05) is 22.0 Å². The summed E-state index contributed by atoms with van der Waals surface area (Å²) in [5, 5.41) is 12.7. The van der Waals surface area contributed by atoms with Crippen molar-refractivity contribution in [2.24, 2.45) is 0 Å². The second-order valence-corrected chi connectivity index (χ2v) is 5.40. The first kappa shape index (κ1) is 12.9. The molecule has 1 aromatic carbocycles. The Morgan fingerprint density at radius 2 is 2.41 bits per heavy atom. The summed E-state index contributed by atoms with van der Waals surface area (Å²) in [4.78, 5) is 0. The number of ether oxygens (including phenoxy) is 1. The zero-order valence-electron chi connectivity index (χ0n) is 9.95. The third-order valence-corrected chi connectivity index (χ3v) is 3.40. The average Bonchev–Trinajstić information content (AvgIpc) is 2.48. The molecule has 4 heteroatoms. The number of benzene rings is 1. The molecule has 1 heterocycles. The van der Waals surface area contributed by atoms with Crippen molar-refractivity contribution in [2.45, 2.75) is 31.9 Å². The lowest BCUT2D eigenvalue weighted by Gasteiger charge is -2.19. The average molecular weight is 300 g/mol. The second-order valence-electron chi connectivity index (χ2n) is 4.48. The number of halogens is 1. The van der Waals surface area contributed by atoms with Crippen LogP contribution in [0, 0.1) is 0 Å². The van der Waals surface area contributed by atoms with E-state index in [1.165, 1.54) is 5.56 Å². The minimum atomic E-state index is -0.321. The van der Waals surface area contributed by atoms with Gasteiger partial charge in [-0.2, -0.15) is 0 Å². The highest BCUT2D eigenvalue weighted by Crippen LogP contribution is 2.33. The van der Waals surface area contributed by atoms with Crippen molar-refractivity contribution < 1.29 is 9.84 Å². The largest absolute Gasteiger partial charge is 0.493 e. The lowest BCUT2D eigenvalue weighted by molar-refractivity contribution is 0.185. The first-order valence-electron chi connectivity index (χ1n) is 6.00. The highest BCUT2D eigenvalue weighted by Gasteiger charge is 2.19. The van der Waals surface area contributed by atoms with Crippen LogP contribution in [0.25, 0.3) is 0 Å². The fourth-order valence-electron chi connectivity index (χ4n) is 2.07. The van der Waals surface area contributed by atoms with Crippen molar-refractivity contribution in [1.82, 2.24) is 5.32 Å². The maximum atomic E-state index is 9.34. The van der Waals surface area contributed by atoms with Gasteiger partial charge in [0.15, 0.2) is 0 Å². The van der Waals surface area contributed by atoms with Crippen molar-refractivity contribution in [3.63, 3.8) is 0 Å². The Balaban J connectivity index is 2.18. The molecule has 2 N–H and O–H groups in total. The van der Waals surface area contributed by atoms with Crippen LogP contribution in [-0.4, -0.2) is 24.4 Å². The van der Waals surface area contributed by atoms with Crippen LogP contribution in [0.4, 0.5) is 0 Å². The molecule has 0 amide bonds. The molecule has 0 spiro atoms. The molecule has 2 atom stereocenters. The Hall–Kier alpha value is -0.580. The van der Waals surface area contributed by atoms with Gasteiger partial charge < -0.3 is 15.2 Å². The molecule has 0 aliphatic carbocycles. The van der Waals surface area contributed by atoms with Gasteiger partial charge >= 0.3 is 0 Å². The number of aliphatic hydroxyl groups is 1. The number of rotatable bonds is 3. The minimum absolute atomic E-state index is 0.273. The van der Waals surface area contributed by atoms with Gasteiger partial charge in [0.25, 0.3) is 0 Å². The molecule has 2 unspecified atom stereocenters. The third-order valence-electron chi connectivity index (χ3n) is 2.91. The summed E-state index contributed by atoms with van der Waals surface area (Å²) in [5.41, 5.74) is 1.19. The Bertz CT molecular complexity index is 382. The summed E-state index contributed by atoms with van der Waals surface area (Å²) in [5.74, 6) is 0.944. The van der Waals surface area contributed by atoms with Crippen molar-refractivity contribution in [1.29, 1.82) is 0 Å². The highest BCUT2D eigenvalue weighted by molar-refractivity contribution is 9.10. The van der Waals surface area contributed by atoms with Crippen LogP contribution in [0.3, 0.4) is 0 Å². The Kier molecular flexibility index (Phi) is 4.42. The van der Waals surface area contributed by atoms with Crippen molar-refractivity contribution in [3.8, 4) is 5.75 Å². The monoisotopic (exact) mass is 299 g/mol. The fourth-order valence-corrected chi connectivity index (χ4v) is 2.41. The molecule has 1 aliphatic rings. The van der Waals surface area contributed by atoms with Gasteiger partial charge in [0.1, 0.15) is 5.75 Å². The molecule has 0 bridgehead atoms. The molecule has 1 aromatic rings. The van der Waals surface area contributed by atoms with Gasteiger partial charge in [-0.3, -0.25) is 0 Å². The zero-order chi connectivity index (χ0) is 12.3. The lowest BCUT2D eigenvalue weighted by atomic mass is 10.0. The predicted molar refractivity (Wildman–Crippen MR) is 71.3 cm³/mol. The molecule has 94 valence electrons. The molecule has 0 saturated carbocycles. The molecule has 0 fully saturated rings. The Morgan fingerprint density at radius 3 is 3.18 bits per heavy atom. The number of fused-ring (bicyclic) bond motifs is 1. The number of aliphatic hydroxyl groups excluding tert-OH is 1. The third kappa shape index (κ3) is 3.44. The van der Waals surface area contributed by atoms with Crippen LogP contribution < -0.4 is 10.1 Å². The topological polar surface area (TPSA) is 41.5 Å². The van der Waals surface area contributed by atoms with E-state index < -0.39 is 0 Å². The first-order chi connectivity index (χ1) is 8.16. The molecule has 3 nitrogen and oxygen atoms in total. The molecular weight excluding hydrogens is 282 g/mol. The van der Waals surface area contributed by atoms with E-state index in [0.29, 0.717) is 6.54 Å². The molecule has 17 heavy (non-hydrogen) atoms. The van der Waals surface area contributed by atoms with Crippen LogP contribution >= 0.6 is 15.9 Å². The summed E-state index contributed by atoms with van der Waals surface area (Å²) in [6.07, 6.45) is 1.75. The van der Waals surface area contributed by atoms with E-state index >= 15 is 0 Å². The van der Waals surface area contributed by atoms with Gasteiger partial charge in [0.05, 0.1) is 12.7 Å². The van der Waals surface area contributed by atoms with Crippen LogP contribution in [0.5, 0.6) is 5.75 Å². The molecule has 0 saturated heterocycles. The maximum absolute atomic E-state index is 9.34. The van der Waals surface area contributed by atoms with E-state index in [-0.39, 0.29) is 12.1 Å². The van der Waals surface area contributed by atoms with Gasteiger partial charge in [-0.05, 0) is 31.9 Å². The predicted octanol–water partition coefficient (Wildman–Crippen LogP) is 2.63. The summed E-state index contributed by atoms with van der Waals surface area (Å²) in [6.45, 7) is 3.17.